The molecule has 2 N–H and O–H groups in total. The van der Waals surface area contributed by atoms with Crippen LogP contribution in [0.4, 0.5) is 0 Å². The second-order valence-corrected chi connectivity index (χ2v) is 4.76. The van der Waals surface area contributed by atoms with Crippen molar-refractivity contribution < 1.29 is 5.03 Å². The highest BCUT2D eigenvalue weighted by Crippen LogP contribution is 2.21. The zero-order valence-corrected chi connectivity index (χ0v) is 10.4. The molecule has 16 heavy (non-hydrogen) atoms. The van der Waals surface area contributed by atoms with E-state index in [9.17, 15) is 10.1 Å². The van der Waals surface area contributed by atoms with E-state index in [1.165, 1.54) is 0 Å². The van der Waals surface area contributed by atoms with Crippen molar-refractivity contribution in [3.63, 3.8) is 0 Å². The van der Waals surface area contributed by atoms with Crippen molar-refractivity contribution in [2.24, 2.45) is 5.10 Å². The molecule has 0 bridgehead atoms. The molecule has 0 aliphatic rings. The van der Waals surface area contributed by atoms with E-state index < -0.39 is 5.03 Å². The predicted octanol–water partition coefficient (Wildman–Crippen LogP) is 0.722. The van der Waals surface area contributed by atoms with Crippen LogP contribution < -0.4 is 10.6 Å². The molecular weight excluding hydrogens is 250 g/mol. The van der Waals surface area contributed by atoms with Crippen LogP contribution in [0.3, 0.4) is 0 Å². The molecule has 0 amide bonds. The lowest BCUT2D eigenvalue weighted by Crippen LogP contribution is -2.34. The van der Waals surface area contributed by atoms with Gasteiger partial charge in [-0.25, -0.2) is 15.1 Å². The van der Waals surface area contributed by atoms with Gasteiger partial charge in [-0.3, -0.25) is 0 Å². The van der Waals surface area contributed by atoms with Gasteiger partial charge >= 0.3 is 0 Å². The second-order valence-electron chi connectivity index (χ2n) is 2.59. The third-order valence-electron chi connectivity index (χ3n) is 1.56. The molecule has 0 saturated carbocycles. The third kappa shape index (κ3) is 4.03. The molecule has 0 aromatic carbocycles. The first kappa shape index (κ1) is 12.7. The van der Waals surface area contributed by atoms with Gasteiger partial charge in [-0.05, 0) is 6.26 Å². The Morgan fingerprint density at radius 1 is 1.81 bits per heavy atom. The fourth-order valence-corrected chi connectivity index (χ4v) is 2.28. The summed E-state index contributed by atoms with van der Waals surface area (Å²) in [5.41, 5.74) is 0. The van der Waals surface area contributed by atoms with Crippen LogP contribution >= 0.6 is 23.1 Å². The molecule has 88 valence electrons. The number of thioether (sulfide) groups is 1. The van der Waals surface area contributed by atoms with E-state index in [-0.39, 0.29) is 5.96 Å². The first-order valence-electron chi connectivity index (χ1n) is 4.29. The lowest BCUT2D eigenvalue weighted by atomic mass is 10.5. The van der Waals surface area contributed by atoms with Crippen LogP contribution in [0, 0.1) is 10.1 Å². The molecular formula is C7H11N5O2S2. The number of aromatic nitrogens is 1. The summed E-state index contributed by atoms with van der Waals surface area (Å²) in [6, 6.07) is 0. The molecule has 0 radical (unpaired) electrons. The van der Waals surface area contributed by atoms with Crippen molar-refractivity contribution >= 4 is 29.1 Å². The maximum absolute atomic E-state index is 10.2. The smallest absolute Gasteiger partial charge is 0.268 e. The van der Waals surface area contributed by atoms with Gasteiger partial charge < -0.3 is 10.6 Å². The summed E-state index contributed by atoms with van der Waals surface area (Å²) in [7, 11) is 1.56. The van der Waals surface area contributed by atoms with Crippen LogP contribution in [0.25, 0.3) is 0 Å². The minimum atomic E-state index is -0.751. The number of nitro groups is 1. The minimum absolute atomic E-state index is 0.129. The lowest BCUT2D eigenvalue weighted by Gasteiger charge is -2.03. The van der Waals surface area contributed by atoms with Crippen LogP contribution in [0.5, 0.6) is 0 Å². The van der Waals surface area contributed by atoms with Gasteiger partial charge in [0.15, 0.2) is 5.03 Å². The number of hydrogen-bond donors (Lipinski definition) is 2. The highest BCUT2D eigenvalue weighted by atomic mass is 32.2. The zero-order chi connectivity index (χ0) is 12.0. The molecule has 1 aromatic rings. The molecule has 7 nitrogen and oxygen atoms in total. The van der Waals surface area contributed by atoms with E-state index in [0.717, 1.165) is 9.22 Å². The number of guanidine groups is 1. The standard InChI is InChI=1S/C7H11N5O2S2/c1-8-6(11-12(13)14)9-3-5-4-10-7(15-2)16-5/h4H,3H2,1-2H3,(H2,8,9,11). The topological polar surface area (TPSA) is 92.5 Å². The summed E-state index contributed by atoms with van der Waals surface area (Å²) in [6.45, 7) is 0.464. The molecule has 0 fully saturated rings. The number of hydrazone groups is 1. The Kier molecular flexibility index (Phi) is 4.99. The van der Waals surface area contributed by atoms with E-state index in [4.69, 9.17) is 0 Å². The van der Waals surface area contributed by atoms with E-state index >= 15 is 0 Å². The quantitative estimate of drug-likeness (QED) is 0.273. The molecule has 1 heterocycles. The van der Waals surface area contributed by atoms with Crippen molar-refractivity contribution in [2.75, 3.05) is 13.3 Å². The van der Waals surface area contributed by atoms with Crippen molar-refractivity contribution in [3.05, 3.63) is 21.2 Å². The minimum Gasteiger partial charge on any atom is -0.354 e. The molecule has 1 aromatic heterocycles. The van der Waals surface area contributed by atoms with Gasteiger partial charge in [-0.1, -0.05) is 11.8 Å². The average molecular weight is 261 g/mol. The molecule has 0 aliphatic heterocycles. The Hall–Kier alpha value is -1.35. The Bertz CT molecular complexity index is 392. The number of nitrogens with zero attached hydrogens (tertiary/aromatic N) is 3. The molecule has 0 unspecified atom stereocenters. The maximum atomic E-state index is 10.2. The highest BCUT2D eigenvalue weighted by Gasteiger charge is 2.04. The SMILES string of the molecule is CN/C(=N\[N+](=O)[O-])NCc1cnc(SC)s1. The first-order valence-corrected chi connectivity index (χ1v) is 6.33. The Morgan fingerprint density at radius 2 is 2.56 bits per heavy atom. The average Bonchev–Trinajstić information content (AvgIpc) is 2.71. The van der Waals surface area contributed by atoms with E-state index in [2.05, 4.69) is 20.7 Å². The number of rotatable bonds is 4. The van der Waals surface area contributed by atoms with Crippen molar-refractivity contribution in [1.29, 1.82) is 0 Å². The zero-order valence-electron chi connectivity index (χ0n) is 8.76. The van der Waals surface area contributed by atoms with Gasteiger partial charge in [0, 0.05) is 18.1 Å². The number of thiazole rings is 1. The molecule has 1 rings (SSSR count). The van der Waals surface area contributed by atoms with Gasteiger partial charge in [-0.2, -0.15) is 0 Å². The molecule has 0 saturated heterocycles. The number of nitrogens with one attached hydrogen (secondary N) is 2. The summed E-state index contributed by atoms with van der Waals surface area (Å²) in [6.07, 6.45) is 3.69. The van der Waals surface area contributed by atoms with Gasteiger partial charge in [0.1, 0.15) is 9.44 Å². The van der Waals surface area contributed by atoms with Crippen LogP contribution in [0.15, 0.2) is 15.6 Å². The molecule has 0 atom stereocenters. The highest BCUT2D eigenvalue weighted by molar-refractivity contribution is 8.00. The normalized spacial score (nSPS) is 11.2. The summed E-state index contributed by atoms with van der Waals surface area (Å²) in [4.78, 5) is 15.3. The van der Waals surface area contributed by atoms with Gasteiger partial charge in [-0.15, -0.1) is 11.3 Å². The van der Waals surface area contributed by atoms with Gasteiger partial charge in [0.25, 0.3) is 5.96 Å². The third-order valence-corrected chi connectivity index (χ3v) is 3.55. The van der Waals surface area contributed by atoms with Crippen LogP contribution in [-0.4, -0.2) is 29.3 Å². The predicted molar refractivity (Wildman–Crippen MR) is 64.2 cm³/mol. The maximum Gasteiger partial charge on any atom is 0.268 e. The summed E-state index contributed by atoms with van der Waals surface area (Å²) < 4.78 is 0.967. The second kappa shape index (κ2) is 6.28. The van der Waals surface area contributed by atoms with Crippen LogP contribution in [0.1, 0.15) is 4.88 Å². The van der Waals surface area contributed by atoms with Crippen LogP contribution in [0.2, 0.25) is 0 Å². The summed E-state index contributed by atoms with van der Waals surface area (Å²) in [5, 5.41) is 18.0. The fraction of sp³-hybridized carbons (Fsp3) is 0.429. The summed E-state index contributed by atoms with van der Waals surface area (Å²) >= 11 is 3.11. The van der Waals surface area contributed by atoms with Gasteiger partial charge in [0.2, 0.25) is 0 Å². The Balaban J connectivity index is 2.52. The van der Waals surface area contributed by atoms with Gasteiger partial charge in [0.05, 0.1) is 6.54 Å². The molecule has 0 aliphatic carbocycles. The Morgan fingerprint density at radius 3 is 3.06 bits per heavy atom. The van der Waals surface area contributed by atoms with E-state index in [1.54, 1.807) is 36.3 Å². The van der Waals surface area contributed by atoms with Crippen LogP contribution in [-0.2, 0) is 6.54 Å². The molecule has 0 spiro atoms. The fourth-order valence-electron chi connectivity index (χ4n) is 0.892. The van der Waals surface area contributed by atoms with Crippen molar-refractivity contribution in [3.8, 4) is 0 Å². The lowest BCUT2D eigenvalue weighted by molar-refractivity contribution is -0.485. The summed E-state index contributed by atoms with van der Waals surface area (Å²) in [5.74, 6) is 0.129. The van der Waals surface area contributed by atoms with Crippen molar-refractivity contribution in [2.45, 2.75) is 10.9 Å². The monoisotopic (exact) mass is 261 g/mol. The number of hydrogen-bond acceptors (Lipinski definition) is 5. The van der Waals surface area contributed by atoms with E-state index in [1.807, 2.05) is 6.26 Å². The molecule has 9 heteroatoms. The first-order chi connectivity index (χ1) is 7.65. The Labute approximate surface area is 100 Å². The van der Waals surface area contributed by atoms with Crippen molar-refractivity contribution in [1.82, 2.24) is 15.6 Å². The largest absolute Gasteiger partial charge is 0.354 e. The van der Waals surface area contributed by atoms with E-state index in [0.29, 0.717) is 6.54 Å².